The van der Waals surface area contributed by atoms with Crippen LogP contribution in [0.3, 0.4) is 0 Å². The molecule has 2 aromatic heterocycles. The summed E-state index contributed by atoms with van der Waals surface area (Å²) in [4.78, 5) is 12.5. The summed E-state index contributed by atoms with van der Waals surface area (Å²) in [5.41, 5.74) is 8.01. The Morgan fingerprint density at radius 2 is 2.12 bits per heavy atom. The number of nitrogens with two attached hydrogens (primary N) is 1. The maximum absolute atomic E-state index is 5.78. The number of rotatable bonds is 3. The zero-order valence-corrected chi connectivity index (χ0v) is 10.1. The van der Waals surface area contributed by atoms with Gasteiger partial charge in [-0.25, -0.2) is 4.98 Å². The van der Waals surface area contributed by atoms with Gasteiger partial charge in [-0.1, -0.05) is 11.6 Å². The van der Waals surface area contributed by atoms with Crippen LogP contribution < -0.4 is 11.1 Å². The van der Waals surface area contributed by atoms with Crippen LogP contribution in [0.1, 0.15) is 11.4 Å². The number of nitrogens with zero attached hydrogens (tertiary/aromatic N) is 3. The molecule has 0 saturated heterocycles. The van der Waals surface area contributed by atoms with Crippen molar-refractivity contribution in [2.24, 2.45) is 0 Å². The van der Waals surface area contributed by atoms with Crippen molar-refractivity contribution in [2.45, 2.75) is 13.5 Å². The van der Waals surface area contributed by atoms with Crippen LogP contribution in [0.5, 0.6) is 0 Å². The summed E-state index contributed by atoms with van der Waals surface area (Å²) < 4.78 is 0. The fourth-order valence-electron chi connectivity index (χ4n) is 1.27. The van der Waals surface area contributed by atoms with E-state index in [9.17, 15) is 0 Å². The summed E-state index contributed by atoms with van der Waals surface area (Å²) in [7, 11) is 0. The fraction of sp³-hybridized carbons (Fsp3) is 0.182. The van der Waals surface area contributed by atoms with Gasteiger partial charge in [-0.2, -0.15) is 0 Å². The Morgan fingerprint density at radius 3 is 2.82 bits per heavy atom. The number of anilines is 2. The smallest absolute Gasteiger partial charge is 0.151 e. The van der Waals surface area contributed by atoms with E-state index in [-0.39, 0.29) is 0 Å². The van der Waals surface area contributed by atoms with Crippen LogP contribution in [0, 0.1) is 6.92 Å². The third-order valence-corrected chi connectivity index (χ3v) is 2.37. The van der Waals surface area contributed by atoms with E-state index in [1.54, 1.807) is 24.5 Å². The van der Waals surface area contributed by atoms with E-state index in [1.807, 2.05) is 6.92 Å². The van der Waals surface area contributed by atoms with Gasteiger partial charge in [0.25, 0.3) is 0 Å². The number of nitrogens with one attached hydrogen (secondary N) is 1. The molecule has 0 unspecified atom stereocenters. The monoisotopic (exact) mass is 249 g/mol. The average molecular weight is 250 g/mol. The minimum absolute atomic E-state index is 0.400. The van der Waals surface area contributed by atoms with E-state index in [0.717, 1.165) is 11.4 Å². The van der Waals surface area contributed by atoms with Crippen LogP contribution in [-0.2, 0) is 6.54 Å². The Labute approximate surface area is 104 Å². The van der Waals surface area contributed by atoms with Gasteiger partial charge in [-0.15, -0.1) is 0 Å². The molecule has 2 aromatic rings. The molecule has 0 aliphatic carbocycles. The van der Waals surface area contributed by atoms with Crippen molar-refractivity contribution in [3.05, 3.63) is 41.1 Å². The first-order chi connectivity index (χ1) is 8.15. The number of hydrogen-bond acceptors (Lipinski definition) is 5. The minimum atomic E-state index is 0.400. The molecular weight excluding hydrogens is 238 g/mol. The van der Waals surface area contributed by atoms with Crippen LogP contribution in [-0.4, -0.2) is 15.0 Å². The van der Waals surface area contributed by atoms with Crippen molar-refractivity contribution in [2.75, 3.05) is 11.1 Å². The maximum Gasteiger partial charge on any atom is 0.151 e. The summed E-state index contributed by atoms with van der Waals surface area (Å²) in [6.45, 7) is 2.39. The van der Waals surface area contributed by atoms with Gasteiger partial charge in [-0.05, 0) is 19.1 Å². The average Bonchev–Trinajstić information content (AvgIpc) is 2.32. The molecule has 0 fully saturated rings. The first-order valence-corrected chi connectivity index (χ1v) is 5.46. The Hall–Kier alpha value is -1.88. The second kappa shape index (κ2) is 4.97. The molecule has 0 radical (unpaired) electrons. The molecule has 0 amide bonds. The summed E-state index contributed by atoms with van der Waals surface area (Å²) in [6.07, 6.45) is 3.43. The number of aromatic nitrogens is 3. The number of pyridine rings is 1. The largest absolute Gasteiger partial charge is 0.396 e. The molecule has 88 valence electrons. The van der Waals surface area contributed by atoms with E-state index < -0.39 is 0 Å². The molecule has 17 heavy (non-hydrogen) atoms. The Morgan fingerprint density at radius 1 is 1.29 bits per heavy atom. The molecule has 0 aliphatic rings. The lowest BCUT2D eigenvalue weighted by Gasteiger charge is -2.07. The predicted octanol–water partition coefficient (Wildman–Crippen LogP) is 2.03. The topological polar surface area (TPSA) is 76.7 Å². The van der Waals surface area contributed by atoms with Gasteiger partial charge < -0.3 is 11.1 Å². The molecule has 0 spiro atoms. The van der Waals surface area contributed by atoms with E-state index in [4.69, 9.17) is 17.3 Å². The molecule has 0 aliphatic heterocycles. The van der Waals surface area contributed by atoms with Crippen molar-refractivity contribution >= 4 is 23.1 Å². The van der Waals surface area contributed by atoms with Crippen molar-refractivity contribution < 1.29 is 0 Å². The van der Waals surface area contributed by atoms with Gasteiger partial charge in [0.05, 0.1) is 29.8 Å². The molecule has 2 rings (SSSR count). The fourth-order valence-corrected chi connectivity index (χ4v) is 1.42. The second-order valence-corrected chi connectivity index (χ2v) is 3.96. The predicted molar refractivity (Wildman–Crippen MR) is 67.8 cm³/mol. The molecule has 0 saturated carbocycles. The zero-order valence-electron chi connectivity index (χ0n) is 9.31. The molecule has 0 aromatic carbocycles. The molecular formula is C11H12ClN5. The first kappa shape index (κ1) is 11.6. The van der Waals surface area contributed by atoms with E-state index >= 15 is 0 Å². The molecule has 0 bridgehead atoms. The molecule has 0 atom stereocenters. The van der Waals surface area contributed by atoms with Crippen molar-refractivity contribution in [3.63, 3.8) is 0 Å². The second-order valence-electron chi connectivity index (χ2n) is 3.57. The van der Waals surface area contributed by atoms with Crippen molar-refractivity contribution in [1.82, 2.24) is 15.0 Å². The molecule has 5 nitrogen and oxygen atoms in total. The highest BCUT2D eigenvalue weighted by Crippen LogP contribution is 2.18. The summed E-state index contributed by atoms with van der Waals surface area (Å²) in [6, 6.07) is 3.35. The highest BCUT2D eigenvalue weighted by molar-refractivity contribution is 6.29. The number of halogens is 1. The third kappa shape index (κ3) is 3.04. The lowest BCUT2D eigenvalue weighted by molar-refractivity contribution is 0.977. The quantitative estimate of drug-likeness (QED) is 0.814. The third-order valence-electron chi connectivity index (χ3n) is 2.16. The van der Waals surface area contributed by atoms with E-state index in [1.165, 1.54) is 0 Å². The highest BCUT2D eigenvalue weighted by atomic mass is 35.5. The van der Waals surface area contributed by atoms with Crippen LogP contribution in [0.4, 0.5) is 11.5 Å². The van der Waals surface area contributed by atoms with Gasteiger partial charge >= 0.3 is 0 Å². The molecule has 6 heteroatoms. The number of nitrogen functional groups attached to an aromatic ring is 1. The van der Waals surface area contributed by atoms with Crippen molar-refractivity contribution in [1.29, 1.82) is 0 Å². The van der Waals surface area contributed by atoms with Crippen LogP contribution in [0.25, 0.3) is 0 Å². The number of aryl methyl sites for hydroxylation is 1. The Kier molecular flexibility index (Phi) is 3.39. The van der Waals surface area contributed by atoms with Gasteiger partial charge in [0, 0.05) is 6.20 Å². The zero-order chi connectivity index (χ0) is 12.3. The maximum atomic E-state index is 5.78. The van der Waals surface area contributed by atoms with E-state index in [0.29, 0.717) is 23.2 Å². The van der Waals surface area contributed by atoms with Gasteiger partial charge in [0.1, 0.15) is 5.15 Å². The summed E-state index contributed by atoms with van der Waals surface area (Å²) in [5.74, 6) is 0.555. The van der Waals surface area contributed by atoms with Gasteiger partial charge in [-0.3, -0.25) is 9.97 Å². The van der Waals surface area contributed by atoms with Gasteiger partial charge in [0.15, 0.2) is 5.82 Å². The van der Waals surface area contributed by atoms with E-state index in [2.05, 4.69) is 20.3 Å². The van der Waals surface area contributed by atoms with Crippen LogP contribution in [0.15, 0.2) is 24.5 Å². The standard InChI is InChI=1S/C11H12ClN5/c1-7-4-15-8(5-14-7)6-16-11-9(13)2-3-10(12)17-11/h2-5H,6,13H2,1H3,(H,16,17). The van der Waals surface area contributed by atoms with Crippen LogP contribution >= 0.6 is 11.6 Å². The first-order valence-electron chi connectivity index (χ1n) is 5.08. The summed E-state index contributed by atoms with van der Waals surface area (Å²) >= 11 is 5.78. The Balaban J connectivity index is 2.07. The number of hydrogen-bond donors (Lipinski definition) is 2. The Bertz CT molecular complexity index is 512. The molecule has 3 N–H and O–H groups in total. The normalized spacial score (nSPS) is 10.2. The summed E-state index contributed by atoms with van der Waals surface area (Å²) in [5, 5.41) is 3.47. The van der Waals surface area contributed by atoms with Crippen molar-refractivity contribution in [3.8, 4) is 0 Å². The van der Waals surface area contributed by atoms with Crippen LogP contribution in [0.2, 0.25) is 5.15 Å². The molecule has 2 heterocycles. The van der Waals surface area contributed by atoms with Gasteiger partial charge in [0.2, 0.25) is 0 Å². The lowest BCUT2D eigenvalue weighted by atomic mass is 10.3. The lowest BCUT2D eigenvalue weighted by Crippen LogP contribution is -2.06. The highest BCUT2D eigenvalue weighted by Gasteiger charge is 2.02. The minimum Gasteiger partial charge on any atom is -0.396 e. The SMILES string of the molecule is Cc1cnc(CNc2nc(Cl)ccc2N)cn1.